The maximum absolute atomic E-state index is 8.98. The maximum Gasteiger partial charge on any atom is 0.231 e. The minimum Gasteiger partial charge on any atom is -0.454 e. The number of nitriles is 1. The predicted octanol–water partition coefficient (Wildman–Crippen LogP) is 1.82. The van der Waals surface area contributed by atoms with E-state index in [2.05, 4.69) is 18.3 Å². The molecule has 0 aliphatic carbocycles. The van der Waals surface area contributed by atoms with E-state index in [4.69, 9.17) is 19.5 Å². The van der Waals surface area contributed by atoms with Gasteiger partial charge in [0, 0.05) is 18.0 Å². The first kappa shape index (κ1) is 13.2. The van der Waals surface area contributed by atoms with Gasteiger partial charge in [-0.25, -0.2) is 0 Å². The Bertz CT molecular complexity index is 534. The molecule has 1 aromatic rings. The zero-order chi connectivity index (χ0) is 14.0. The van der Waals surface area contributed by atoms with Gasteiger partial charge in [-0.3, -0.25) is 0 Å². The van der Waals surface area contributed by atoms with Gasteiger partial charge < -0.3 is 19.5 Å². The van der Waals surface area contributed by atoms with Crippen LogP contribution in [-0.2, 0) is 11.3 Å². The molecule has 5 nitrogen and oxygen atoms in total. The molecular formula is C15H18N2O3. The highest BCUT2D eigenvalue weighted by Crippen LogP contribution is 2.34. The van der Waals surface area contributed by atoms with Gasteiger partial charge in [0.1, 0.15) is 0 Å². The van der Waals surface area contributed by atoms with Gasteiger partial charge in [0.05, 0.1) is 25.7 Å². The average Bonchev–Trinajstić information content (AvgIpc) is 2.88. The van der Waals surface area contributed by atoms with Gasteiger partial charge in [0.15, 0.2) is 11.5 Å². The van der Waals surface area contributed by atoms with E-state index in [1.54, 1.807) is 0 Å². The molecule has 1 fully saturated rings. The Hall–Kier alpha value is -1.77. The van der Waals surface area contributed by atoms with Gasteiger partial charge in [-0.05, 0) is 17.7 Å². The van der Waals surface area contributed by atoms with Crippen LogP contribution in [0, 0.1) is 16.7 Å². The van der Waals surface area contributed by atoms with Crippen molar-refractivity contribution in [3.8, 4) is 17.6 Å². The van der Waals surface area contributed by atoms with Crippen LogP contribution in [0.15, 0.2) is 18.2 Å². The molecule has 2 aliphatic heterocycles. The molecule has 0 spiro atoms. The summed E-state index contributed by atoms with van der Waals surface area (Å²) in [4.78, 5) is 0. The van der Waals surface area contributed by atoms with Crippen LogP contribution in [0.25, 0.3) is 0 Å². The zero-order valence-corrected chi connectivity index (χ0v) is 11.5. The molecule has 0 radical (unpaired) electrons. The summed E-state index contributed by atoms with van der Waals surface area (Å²) < 4.78 is 16.0. The Balaban J connectivity index is 1.64. The van der Waals surface area contributed by atoms with Crippen LogP contribution in [0.5, 0.6) is 11.5 Å². The zero-order valence-electron chi connectivity index (χ0n) is 11.5. The van der Waals surface area contributed by atoms with E-state index in [1.807, 2.05) is 18.2 Å². The van der Waals surface area contributed by atoms with E-state index in [-0.39, 0.29) is 11.5 Å². The highest BCUT2D eigenvalue weighted by Gasteiger charge is 2.40. The second-order valence-electron chi connectivity index (χ2n) is 5.63. The Morgan fingerprint density at radius 3 is 2.85 bits per heavy atom. The topological polar surface area (TPSA) is 63.5 Å². The number of hydrogen-bond acceptors (Lipinski definition) is 5. The van der Waals surface area contributed by atoms with Crippen LogP contribution in [0.2, 0.25) is 0 Å². The van der Waals surface area contributed by atoms with Crippen molar-refractivity contribution in [1.29, 1.82) is 5.26 Å². The van der Waals surface area contributed by atoms with Crippen molar-refractivity contribution in [1.82, 2.24) is 5.32 Å². The molecule has 1 aromatic carbocycles. The van der Waals surface area contributed by atoms with Gasteiger partial charge >= 0.3 is 0 Å². The summed E-state index contributed by atoms with van der Waals surface area (Å²) >= 11 is 0. The van der Waals surface area contributed by atoms with Gasteiger partial charge in [0.2, 0.25) is 6.79 Å². The monoisotopic (exact) mass is 274 g/mol. The smallest absolute Gasteiger partial charge is 0.231 e. The molecule has 2 heterocycles. The highest BCUT2D eigenvalue weighted by molar-refractivity contribution is 5.44. The predicted molar refractivity (Wildman–Crippen MR) is 72.3 cm³/mol. The standard InChI is InChI=1S/C15H18N2O3/c1-15(8-18-9-15)14(4-5-16)17-7-11-2-3-12-13(6-11)20-10-19-12/h2-3,6,14,17H,4,7-10H2,1H3. The summed E-state index contributed by atoms with van der Waals surface area (Å²) in [7, 11) is 0. The minimum absolute atomic E-state index is 0.0616. The van der Waals surface area contributed by atoms with Crippen molar-refractivity contribution >= 4 is 0 Å². The fourth-order valence-corrected chi connectivity index (χ4v) is 2.57. The van der Waals surface area contributed by atoms with Crippen LogP contribution >= 0.6 is 0 Å². The number of fused-ring (bicyclic) bond motifs is 1. The second-order valence-corrected chi connectivity index (χ2v) is 5.63. The molecular weight excluding hydrogens is 256 g/mol. The number of nitrogens with zero attached hydrogens (tertiary/aromatic N) is 1. The summed E-state index contributed by atoms with van der Waals surface area (Å²) in [6, 6.07) is 8.33. The number of ether oxygens (including phenoxy) is 3. The van der Waals surface area contributed by atoms with E-state index >= 15 is 0 Å². The van der Waals surface area contributed by atoms with Crippen molar-refractivity contribution in [2.24, 2.45) is 5.41 Å². The molecule has 2 aliphatic rings. The first-order valence-electron chi connectivity index (χ1n) is 6.78. The fourth-order valence-electron chi connectivity index (χ4n) is 2.57. The Morgan fingerprint density at radius 2 is 2.15 bits per heavy atom. The molecule has 5 heteroatoms. The van der Waals surface area contributed by atoms with Gasteiger partial charge in [-0.15, -0.1) is 0 Å². The van der Waals surface area contributed by atoms with Gasteiger partial charge in [-0.1, -0.05) is 13.0 Å². The van der Waals surface area contributed by atoms with Gasteiger partial charge in [0.25, 0.3) is 0 Å². The van der Waals surface area contributed by atoms with E-state index in [9.17, 15) is 0 Å². The van der Waals surface area contributed by atoms with E-state index in [0.29, 0.717) is 33.0 Å². The average molecular weight is 274 g/mol. The number of rotatable bonds is 5. The molecule has 1 atom stereocenters. The molecule has 1 N–H and O–H groups in total. The van der Waals surface area contributed by atoms with E-state index < -0.39 is 0 Å². The molecule has 3 rings (SSSR count). The normalized spacial score (nSPS) is 20.0. The summed E-state index contributed by atoms with van der Waals surface area (Å²) in [5.41, 5.74) is 1.19. The molecule has 0 amide bonds. The summed E-state index contributed by atoms with van der Waals surface area (Å²) in [6.45, 7) is 4.59. The Morgan fingerprint density at radius 1 is 1.35 bits per heavy atom. The minimum atomic E-state index is 0.0616. The lowest BCUT2D eigenvalue weighted by atomic mass is 9.79. The molecule has 0 saturated carbocycles. The number of hydrogen-bond donors (Lipinski definition) is 1. The Labute approximate surface area is 118 Å². The van der Waals surface area contributed by atoms with Crippen molar-refractivity contribution < 1.29 is 14.2 Å². The highest BCUT2D eigenvalue weighted by atomic mass is 16.7. The Kier molecular flexibility index (Phi) is 3.51. The third-order valence-corrected chi connectivity index (χ3v) is 3.99. The lowest BCUT2D eigenvalue weighted by molar-refractivity contribution is -0.120. The van der Waals surface area contributed by atoms with Crippen molar-refractivity contribution in [2.75, 3.05) is 20.0 Å². The van der Waals surface area contributed by atoms with Crippen LogP contribution in [-0.4, -0.2) is 26.0 Å². The van der Waals surface area contributed by atoms with Crippen molar-refractivity contribution in [3.05, 3.63) is 23.8 Å². The van der Waals surface area contributed by atoms with E-state index in [1.165, 1.54) is 0 Å². The number of nitrogens with one attached hydrogen (secondary N) is 1. The lowest BCUT2D eigenvalue weighted by Gasteiger charge is -2.44. The van der Waals surface area contributed by atoms with Crippen LogP contribution in [0.1, 0.15) is 18.9 Å². The third kappa shape index (κ3) is 2.45. The number of benzene rings is 1. The van der Waals surface area contributed by atoms with E-state index in [0.717, 1.165) is 17.1 Å². The summed E-state index contributed by atoms with van der Waals surface area (Å²) in [6.07, 6.45) is 0.490. The maximum atomic E-state index is 8.98. The molecule has 1 saturated heterocycles. The van der Waals surface area contributed by atoms with Crippen LogP contribution in [0.4, 0.5) is 0 Å². The summed E-state index contributed by atoms with van der Waals surface area (Å²) in [5.74, 6) is 1.58. The van der Waals surface area contributed by atoms with Crippen molar-refractivity contribution in [2.45, 2.75) is 25.9 Å². The van der Waals surface area contributed by atoms with Crippen LogP contribution in [0.3, 0.4) is 0 Å². The van der Waals surface area contributed by atoms with Crippen molar-refractivity contribution in [3.63, 3.8) is 0 Å². The SMILES string of the molecule is CC1(C(CC#N)NCc2ccc3c(c2)OCO3)COC1. The van der Waals surface area contributed by atoms with Crippen LogP contribution < -0.4 is 14.8 Å². The second kappa shape index (κ2) is 5.31. The first-order chi connectivity index (χ1) is 9.71. The molecule has 0 aromatic heterocycles. The molecule has 0 bridgehead atoms. The molecule has 1 unspecified atom stereocenters. The lowest BCUT2D eigenvalue weighted by Crippen LogP contribution is -2.54. The summed E-state index contributed by atoms with van der Waals surface area (Å²) in [5, 5.41) is 12.4. The quantitative estimate of drug-likeness (QED) is 0.887. The third-order valence-electron chi connectivity index (χ3n) is 3.99. The fraction of sp³-hybridized carbons (Fsp3) is 0.533. The first-order valence-corrected chi connectivity index (χ1v) is 6.78. The molecule has 20 heavy (non-hydrogen) atoms. The van der Waals surface area contributed by atoms with Gasteiger partial charge in [-0.2, -0.15) is 5.26 Å². The largest absolute Gasteiger partial charge is 0.454 e. The molecule has 106 valence electrons.